The van der Waals surface area contributed by atoms with Gasteiger partial charge in [0.15, 0.2) is 5.78 Å². The number of carbonyl (C=O) groups is 2. The van der Waals surface area contributed by atoms with Crippen LogP contribution in [-0.4, -0.2) is 11.6 Å². The number of rotatable bonds is 7. The molecule has 0 radical (unpaired) electrons. The topological polar surface area (TPSA) is 34.1 Å². The Morgan fingerprint density at radius 3 is 1.85 bits per heavy atom. The molecular weight excluding hydrogens is 451 g/mol. The predicted octanol–water partition coefficient (Wildman–Crippen LogP) is 7.60. The molecule has 0 aromatic heterocycles. The minimum Gasteiger partial charge on any atom is -0.299 e. The van der Waals surface area contributed by atoms with Crippen LogP contribution in [0.15, 0.2) is 60.7 Å². The highest BCUT2D eigenvalue weighted by Crippen LogP contribution is 2.34. The molecule has 0 aliphatic heterocycles. The zero-order valence-electron chi connectivity index (χ0n) is 18.8. The molecule has 1 atom stereocenters. The first-order valence-electron chi connectivity index (χ1n) is 10.7. The molecule has 2 nitrogen and oxygen atoms in total. The van der Waals surface area contributed by atoms with Gasteiger partial charge in [0.05, 0.1) is 5.56 Å². The van der Waals surface area contributed by atoms with E-state index < -0.39 is 35.1 Å². The molecule has 34 heavy (non-hydrogen) atoms. The molecule has 0 saturated heterocycles. The lowest BCUT2D eigenvalue weighted by Crippen LogP contribution is -2.13. The number of benzene rings is 3. The molecule has 0 N–H and O–H groups in total. The lowest BCUT2D eigenvalue weighted by Gasteiger charge is -2.19. The highest BCUT2D eigenvalue weighted by atomic mass is 19.4. The molecule has 0 heterocycles. The van der Waals surface area contributed by atoms with Crippen LogP contribution >= 0.6 is 0 Å². The third-order valence-corrected chi connectivity index (χ3v) is 5.49. The van der Waals surface area contributed by atoms with Gasteiger partial charge < -0.3 is 0 Å². The van der Waals surface area contributed by atoms with Gasteiger partial charge in [-0.1, -0.05) is 32.0 Å². The van der Waals surface area contributed by atoms with Crippen molar-refractivity contribution in [1.29, 1.82) is 0 Å². The van der Waals surface area contributed by atoms with Gasteiger partial charge in [0.25, 0.3) is 0 Å². The van der Waals surface area contributed by atoms with E-state index in [2.05, 4.69) is 0 Å². The average Bonchev–Trinajstić information content (AvgIpc) is 2.75. The summed E-state index contributed by atoms with van der Waals surface area (Å²) in [5.41, 5.74) is 0.380. The maximum absolute atomic E-state index is 13.7. The van der Waals surface area contributed by atoms with Crippen LogP contribution in [0, 0.1) is 17.6 Å². The molecular formula is C27H23F5O2. The first-order chi connectivity index (χ1) is 15.8. The van der Waals surface area contributed by atoms with Crippen LogP contribution in [0.3, 0.4) is 0 Å². The lowest BCUT2D eigenvalue weighted by atomic mass is 9.84. The van der Waals surface area contributed by atoms with E-state index in [4.69, 9.17) is 0 Å². The molecule has 0 fully saturated rings. The largest absolute Gasteiger partial charge is 0.416 e. The van der Waals surface area contributed by atoms with Crippen molar-refractivity contribution in [3.63, 3.8) is 0 Å². The van der Waals surface area contributed by atoms with Crippen molar-refractivity contribution in [1.82, 2.24) is 0 Å². The number of ketones is 2. The third kappa shape index (κ3) is 5.95. The van der Waals surface area contributed by atoms with E-state index in [0.717, 1.165) is 24.3 Å². The molecule has 178 valence electrons. The van der Waals surface area contributed by atoms with Crippen LogP contribution in [0.4, 0.5) is 22.0 Å². The SMILES string of the molecule is CC(=O)C(CC(C)C)c1cc(C(=O)c2cc(F)cc(F)c2)cc(-c2ccc(C(F)(F)F)cc2)c1. The van der Waals surface area contributed by atoms with Gasteiger partial charge in [-0.15, -0.1) is 0 Å². The van der Waals surface area contributed by atoms with E-state index >= 15 is 0 Å². The Hall–Kier alpha value is -3.35. The Labute approximate surface area is 194 Å². The fourth-order valence-corrected chi connectivity index (χ4v) is 3.86. The molecule has 3 aromatic carbocycles. The first-order valence-corrected chi connectivity index (χ1v) is 10.7. The number of Topliss-reactive ketones (excluding diaryl/α,β-unsaturated/α-hetero) is 1. The summed E-state index contributed by atoms with van der Waals surface area (Å²) in [6.45, 7) is 5.32. The Balaban J connectivity index is 2.17. The summed E-state index contributed by atoms with van der Waals surface area (Å²) in [5.74, 6) is -3.02. The van der Waals surface area contributed by atoms with E-state index in [9.17, 15) is 31.5 Å². The molecule has 0 amide bonds. The van der Waals surface area contributed by atoms with Crippen molar-refractivity contribution < 1.29 is 31.5 Å². The molecule has 1 unspecified atom stereocenters. The molecule has 0 saturated carbocycles. The smallest absolute Gasteiger partial charge is 0.299 e. The normalized spacial score (nSPS) is 12.6. The highest BCUT2D eigenvalue weighted by Gasteiger charge is 2.30. The fourth-order valence-electron chi connectivity index (χ4n) is 3.86. The zero-order chi connectivity index (χ0) is 25.2. The van der Waals surface area contributed by atoms with E-state index in [1.807, 2.05) is 13.8 Å². The average molecular weight is 474 g/mol. The van der Waals surface area contributed by atoms with Crippen LogP contribution in [0.25, 0.3) is 11.1 Å². The minimum atomic E-state index is -4.50. The van der Waals surface area contributed by atoms with Crippen LogP contribution in [0.5, 0.6) is 0 Å². The van der Waals surface area contributed by atoms with E-state index in [1.54, 1.807) is 6.07 Å². The summed E-state index contributed by atoms with van der Waals surface area (Å²) in [4.78, 5) is 25.5. The van der Waals surface area contributed by atoms with Crippen LogP contribution in [-0.2, 0) is 11.0 Å². The Morgan fingerprint density at radius 1 is 0.794 bits per heavy atom. The second-order valence-corrected chi connectivity index (χ2v) is 8.70. The van der Waals surface area contributed by atoms with Crippen molar-refractivity contribution in [2.45, 2.75) is 39.3 Å². The molecule has 0 aliphatic carbocycles. The standard InChI is InChI=1S/C27H23F5O2/c1-15(2)8-25(16(3)33)19-9-18(17-4-6-22(7-5-17)27(30,31)32)10-20(11-19)26(34)21-12-23(28)14-24(29)13-21/h4-7,9-15,25H,8H2,1-3H3. The number of hydrogen-bond donors (Lipinski definition) is 0. The molecule has 3 aromatic rings. The van der Waals surface area contributed by atoms with Crippen LogP contribution < -0.4 is 0 Å². The predicted molar refractivity (Wildman–Crippen MR) is 120 cm³/mol. The van der Waals surface area contributed by atoms with Crippen molar-refractivity contribution in [2.24, 2.45) is 5.92 Å². The summed E-state index contributed by atoms with van der Waals surface area (Å²) in [7, 11) is 0. The quantitative estimate of drug-likeness (QED) is 0.261. The highest BCUT2D eigenvalue weighted by molar-refractivity contribution is 6.09. The Bertz CT molecular complexity index is 1190. The molecule has 0 spiro atoms. The van der Waals surface area contributed by atoms with Gasteiger partial charge in [0.1, 0.15) is 17.4 Å². The minimum absolute atomic E-state index is 0.0763. The summed E-state index contributed by atoms with van der Waals surface area (Å²) < 4.78 is 66.4. The van der Waals surface area contributed by atoms with Gasteiger partial charge in [-0.05, 0) is 72.4 Å². The van der Waals surface area contributed by atoms with Crippen LogP contribution in [0.1, 0.15) is 60.2 Å². The monoisotopic (exact) mass is 474 g/mol. The Kier molecular flexibility index (Phi) is 7.34. The summed E-state index contributed by atoms with van der Waals surface area (Å²) in [6.07, 6.45) is -4.01. The number of alkyl halides is 3. The summed E-state index contributed by atoms with van der Waals surface area (Å²) >= 11 is 0. The van der Waals surface area contributed by atoms with Crippen molar-refractivity contribution >= 4 is 11.6 Å². The maximum atomic E-state index is 13.7. The van der Waals surface area contributed by atoms with Gasteiger partial charge in [0.2, 0.25) is 0 Å². The summed E-state index contributed by atoms with van der Waals surface area (Å²) in [5, 5.41) is 0. The first kappa shape index (κ1) is 25.3. The van der Waals surface area contributed by atoms with Crippen molar-refractivity contribution in [3.05, 3.63) is 94.6 Å². The van der Waals surface area contributed by atoms with Gasteiger partial charge in [0, 0.05) is 23.1 Å². The number of halogens is 5. The fraction of sp³-hybridized carbons (Fsp3) is 0.259. The van der Waals surface area contributed by atoms with Gasteiger partial charge in [-0.3, -0.25) is 9.59 Å². The van der Waals surface area contributed by atoms with Crippen molar-refractivity contribution in [2.75, 3.05) is 0 Å². The Morgan fingerprint density at radius 2 is 1.35 bits per heavy atom. The number of hydrogen-bond acceptors (Lipinski definition) is 2. The van der Waals surface area contributed by atoms with Crippen LogP contribution in [0.2, 0.25) is 0 Å². The van der Waals surface area contributed by atoms with E-state index in [1.165, 1.54) is 31.2 Å². The molecule has 3 rings (SSSR count). The second-order valence-electron chi connectivity index (χ2n) is 8.70. The lowest BCUT2D eigenvalue weighted by molar-refractivity contribution is -0.137. The van der Waals surface area contributed by atoms with E-state index in [0.29, 0.717) is 29.2 Å². The van der Waals surface area contributed by atoms with Gasteiger partial charge >= 0.3 is 6.18 Å². The molecule has 0 aliphatic rings. The summed E-state index contributed by atoms with van der Waals surface area (Å²) in [6, 6.07) is 11.5. The second kappa shape index (κ2) is 9.87. The van der Waals surface area contributed by atoms with E-state index in [-0.39, 0.29) is 22.8 Å². The zero-order valence-corrected chi connectivity index (χ0v) is 18.8. The van der Waals surface area contributed by atoms with Crippen molar-refractivity contribution in [3.8, 4) is 11.1 Å². The third-order valence-electron chi connectivity index (χ3n) is 5.49. The molecule has 7 heteroatoms. The van der Waals surface area contributed by atoms with Gasteiger partial charge in [-0.25, -0.2) is 8.78 Å². The number of carbonyl (C=O) groups excluding carboxylic acids is 2. The van der Waals surface area contributed by atoms with Gasteiger partial charge in [-0.2, -0.15) is 13.2 Å². The molecule has 0 bridgehead atoms. The maximum Gasteiger partial charge on any atom is 0.416 e.